The molecule has 3 atom stereocenters. The van der Waals surface area contributed by atoms with E-state index in [1.165, 1.54) is 24.4 Å². The zero-order valence-corrected chi connectivity index (χ0v) is 22.4. The predicted octanol–water partition coefficient (Wildman–Crippen LogP) is 5.11. The molecule has 5 rings (SSSR count). The number of nitrogens with zero attached hydrogens (tertiary/aromatic N) is 6. The first-order chi connectivity index (χ1) is 16.2. The molecular formula is C23H28FIN8S. The first-order valence-electron chi connectivity index (χ1n) is 11.4. The van der Waals surface area contributed by atoms with Crippen molar-refractivity contribution >= 4 is 46.0 Å². The SMILES string of the molecule is Cn1cnc(C2CCCN(C3(C)Nc4ncc(Sc5cccnc5C(C)(F)I)nc4N3)CC2)c1. The van der Waals surface area contributed by atoms with Gasteiger partial charge >= 0.3 is 0 Å². The molecule has 1 fully saturated rings. The third-order valence-corrected chi connectivity index (χ3v) is 7.84. The summed E-state index contributed by atoms with van der Waals surface area (Å²) in [5, 5.41) is 7.78. The Morgan fingerprint density at radius 1 is 1.21 bits per heavy atom. The largest absolute Gasteiger partial charge is 0.340 e. The van der Waals surface area contributed by atoms with Gasteiger partial charge in [-0.25, -0.2) is 19.3 Å². The normalized spacial score (nSPS) is 24.6. The maximum atomic E-state index is 14.6. The van der Waals surface area contributed by atoms with Crippen LogP contribution in [0, 0.1) is 0 Å². The molecule has 0 radical (unpaired) electrons. The number of fused-ring (bicyclic) bond motifs is 1. The van der Waals surface area contributed by atoms with Crippen LogP contribution in [0.1, 0.15) is 50.4 Å². The maximum absolute atomic E-state index is 14.6. The molecule has 2 N–H and O–H groups in total. The van der Waals surface area contributed by atoms with Crippen LogP contribution in [-0.4, -0.2) is 48.3 Å². The van der Waals surface area contributed by atoms with E-state index in [-0.39, 0.29) is 0 Å². The fourth-order valence-electron chi connectivity index (χ4n) is 4.65. The summed E-state index contributed by atoms with van der Waals surface area (Å²) in [6, 6.07) is 3.67. The molecule has 8 nitrogen and oxygen atoms in total. The zero-order valence-electron chi connectivity index (χ0n) is 19.4. The van der Waals surface area contributed by atoms with Crippen LogP contribution >= 0.6 is 34.4 Å². The number of imidazole rings is 1. The number of pyridine rings is 1. The highest BCUT2D eigenvalue weighted by Crippen LogP contribution is 2.41. The van der Waals surface area contributed by atoms with Gasteiger partial charge in [-0.2, -0.15) is 0 Å². The van der Waals surface area contributed by atoms with Crippen molar-refractivity contribution in [2.75, 3.05) is 23.7 Å². The molecule has 0 aromatic carbocycles. The van der Waals surface area contributed by atoms with E-state index in [2.05, 4.69) is 43.6 Å². The minimum atomic E-state index is -1.57. The fraction of sp³-hybridized carbons (Fsp3) is 0.478. The van der Waals surface area contributed by atoms with Gasteiger partial charge in [-0.15, -0.1) is 0 Å². The average Bonchev–Trinajstić information content (AvgIpc) is 3.26. The molecule has 3 aromatic heterocycles. The molecule has 2 aliphatic rings. The summed E-state index contributed by atoms with van der Waals surface area (Å²) in [5.74, 6) is 1.45. The maximum Gasteiger partial charge on any atom is 0.201 e. The molecule has 34 heavy (non-hydrogen) atoms. The third kappa shape index (κ3) is 4.87. The number of aromatic nitrogens is 5. The van der Waals surface area contributed by atoms with E-state index < -0.39 is 9.46 Å². The van der Waals surface area contributed by atoms with Crippen LogP contribution in [0.15, 0.2) is 47.0 Å². The van der Waals surface area contributed by atoms with Gasteiger partial charge in [0, 0.05) is 43.3 Å². The fourth-order valence-corrected chi connectivity index (χ4v) is 6.22. The molecule has 0 aliphatic carbocycles. The molecular weight excluding hydrogens is 566 g/mol. The van der Waals surface area contributed by atoms with Crippen LogP contribution in [0.5, 0.6) is 0 Å². The lowest BCUT2D eigenvalue weighted by Gasteiger charge is -2.38. The van der Waals surface area contributed by atoms with E-state index >= 15 is 0 Å². The number of likely N-dealkylation sites (tertiary alicyclic amines) is 1. The Labute approximate surface area is 216 Å². The molecule has 0 saturated carbocycles. The van der Waals surface area contributed by atoms with E-state index in [9.17, 15) is 4.39 Å². The second-order valence-electron chi connectivity index (χ2n) is 9.15. The molecule has 2 aliphatic heterocycles. The third-order valence-electron chi connectivity index (χ3n) is 6.38. The quantitative estimate of drug-likeness (QED) is 0.312. The molecule has 3 aromatic rings. The van der Waals surface area contributed by atoms with Crippen LogP contribution in [0.3, 0.4) is 0 Å². The summed E-state index contributed by atoms with van der Waals surface area (Å²) >= 11 is 3.14. The zero-order chi connectivity index (χ0) is 23.9. The Morgan fingerprint density at radius 2 is 2.03 bits per heavy atom. The predicted molar refractivity (Wildman–Crippen MR) is 140 cm³/mol. The molecule has 1 saturated heterocycles. The summed E-state index contributed by atoms with van der Waals surface area (Å²) in [6.45, 7) is 5.55. The summed E-state index contributed by atoms with van der Waals surface area (Å²) in [5.41, 5.74) is 1.58. The van der Waals surface area contributed by atoms with Crippen molar-refractivity contribution in [3.8, 4) is 0 Å². The Bertz CT molecular complexity index is 1180. The van der Waals surface area contributed by atoms with Crippen LogP contribution < -0.4 is 10.6 Å². The van der Waals surface area contributed by atoms with Crippen molar-refractivity contribution in [1.29, 1.82) is 0 Å². The summed E-state index contributed by atoms with van der Waals surface area (Å²) < 4.78 is 15.1. The van der Waals surface area contributed by atoms with Gasteiger partial charge in [0.2, 0.25) is 3.68 Å². The highest BCUT2D eigenvalue weighted by molar-refractivity contribution is 14.1. The lowest BCUT2D eigenvalue weighted by Crippen LogP contribution is -2.55. The van der Waals surface area contributed by atoms with Crippen molar-refractivity contribution in [2.24, 2.45) is 7.05 Å². The van der Waals surface area contributed by atoms with Gasteiger partial charge in [0.25, 0.3) is 0 Å². The Kier molecular flexibility index (Phi) is 6.44. The lowest BCUT2D eigenvalue weighted by atomic mass is 9.98. The minimum Gasteiger partial charge on any atom is -0.340 e. The number of hydrogen-bond donors (Lipinski definition) is 2. The van der Waals surface area contributed by atoms with Crippen molar-refractivity contribution in [3.05, 3.63) is 48.4 Å². The molecule has 11 heteroatoms. The number of rotatable bonds is 5. The average molecular weight is 595 g/mol. The summed E-state index contributed by atoms with van der Waals surface area (Å²) in [4.78, 5) is 21.4. The highest BCUT2D eigenvalue weighted by atomic mass is 127. The van der Waals surface area contributed by atoms with Crippen molar-refractivity contribution in [3.63, 3.8) is 0 Å². The molecule has 0 amide bonds. The Morgan fingerprint density at radius 3 is 2.79 bits per heavy atom. The van der Waals surface area contributed by atoms with Crippen molar-refractivity contribution in [2.45, 2.75) is 58.4 Å². The van der Waals surface area contributed by atoms with Crippen molar-refractivity contribution in [1.82, 2.24) is 29.4 Å². The van der Waals surface area contributed by atoms with Gasteiger partial charge < -0.3 is 15.2 Å². The molecule has 3 unspecified atom stereocenters. The van der Waals surface area contributed by atoms with Crippen molar-refractivity contribution < 1.29 is 4.39 Å². The van der Waals surface area contributed by atoms with E-state index in [1.807, 2.05) is 30.1 Å². The number of hydrogen-bond acceptors (Lipinski definition) is 8. The van der Waals surface area contributed by atoms with E-state index in [0.29, 0.717) is 22.5 Å². The lowest BCUT2D eigenvalue weighted by molar-refractivity contribution is 0.162. The van der Waals surface area contributed by atoms with Gasteiger partial charge in [-0.3, -0.25) is 9.88 Å². The van der Waals surface area contributed by atoms with Gasteiger partial charge in [0.05, 0.1) is 18.2 Å². The van der Waals surface area contributed by atoms with E-state index in [0.717, 1.165) is 43.1 Å². The molecule has 5 heterocycles. The Hall–Kier alpha value is -1.99. The van der Waals surface area contributed by atoms with Gasteiger partial charge in [0.15, 0.2) is 17.4 Å². The van der Waals surface area contributed by atoms with Crippen LogP contribution in [0.2, 0.25) is 0 Å². The summed E-state index contributed by atoms with van der Waals surface area (Å²) in [7, 11) is 2.02. The van der Waals surface area contributed by atoms with E-state index in [1.54, 1.807) is 35.0 Å². The first kappa shape index (κ1) is 23.7. The van der Waals surface area contributed by atoms with E-state index in [4.69, 9.17) is 4.98 Å². The van der Waals surface area contributed by atoms with Crippen LogP contribution in [0.25, 0.3) is 0 Å². The van der Waals surface area contributed by atoms with Crippen LogP contribution in [-0.2, 0) is 10.7 Å². The minimum absolute atomic E-state index is 0.394. The second-order valence-corrected chi connectivity index (χ2v) is 12.2. The van der Waals surface area contributed by atoms with Gasteiger partial charge in [-0.1, -0.05) is 11.8 Å². The molecule has 0 spiro atoms. The second kappa shape index (κ2) is 9.23. The smallest absolute Gasteiger partial charge is 0.201 e. The molecule has 180 valence electrons. The Balaban J connectivity index is 1.30. The van der Waals surface area contributed by atoms with Crippen LogP contribution in [0.4, 0.5) is 16.0 Å². The monoisotopic (exact) mass is 594 g/mol. The highest BCUT2D eigenvalue weighted by Gasteiger charge is 2.40. The standard InChI is InChI=1S/C23H28FIN8S/c1-22(24,25)19-17(7-4-9-26-19)34-18-12-27-20-21(29-18)31-23(2,30-20)33-10-5-6-15(8-11-33)16-13-32(3)14-28-16/h4,7,9,12-15H,5-6,8,10-11H2,1-3H3,(H,27,30)(H,29,31). The number of aryl methyl sites for hydroxylation is 1. The first-order valence-corrected chi connectivity index (χ1v) is 13.3. The summed E-state index contributed by atoms with van der Waals surface area (Å²) in [6.07, 6.45) is 10.6. The molecule has 0 bridgehead atoms. The van der Waals surface area contributed by atoms with Gasteiger partial charge in [-0.05, 0) is 67.8 Å². The topological polar surface area (TPSA) is 83.8 Å². The number of anilines is 2. The number of alkyl halides is 2. The number of halogens is 2. The number of nitrogens with one attached hydrogen (secondary N) is 2. The van der Waals surface area contributed by atoms with Gasteiger partial charge in [0.1, 0.15) is 10.7 Å².